The summed E-state index contributed by atoms with van der Waals surface area (Å²) in [5.41, 5.74) is 1.64. The summed E-state index contributed by atoms with van der Waals surface area (Å²) in [4.78, 5) is 37.0. The molecular weight excluding hydrogens is 773 g/mol. The Bertz CT molecular complexity index is 3500. The lowest BCUT2D eigenvalue weighted by Crippen LogP contribution is -2.59. The quantitative estimate of drug-likeness (QED) is 0.105. The van der Waals surface area contributed by atoms with Crippen molar-refractivity contribution < 1.29 is 9.26 Å². The van der Waals surface area contributed by atoms with Crippen LogP contribution in [0.3, 0.4) is 0 Å². The summed E-state index contributed by atoms with van der Waals surface area (Å²) in [6.07, 6.45) is 10.5. The van der Waals surface area contributed by atoms with E-state index < -0.39 is 16.9 Å². The first-order valence-electron chi connectivity index (χ1n) is 19.3. The fourth-order valence-electron chi connectivity index (χ4n) is 9.65. The average molecular weight is 803 g/mol. The smallest absolute Gasteiger partial charge is 0.259 e. The number of para-hydroxylation sites is 3. The highest BCUT2D eigenvalue weighted by Gasteiger charge is 2.78. The number of nitrogens with zero attached hydrogens (tertiary/aromatic N) is 7. The highest BCUT2D eigenvalue weighted by molar-refractivity contribution is 7.09. The fourth-order valence-corrected chi connectivity index (χ4v) is 10.4. The van der Waals surface area contributed by atoms with Crippen LogP contribution in [0.5, 0.6) is 0 Å². The SMILES string of the molecule is c1ccc2[nH]c(C3(c4ccon4)N(c4[nH]cc5ccccc45)C(c4ncc5[nH]cnc5n4)(c4nccs4)OC3(c3ccn[nH]3)c3cccc4c3[nH]c3ccccc34)cc2c1. The number of aromatic amines is 5. The molecule has 3 unspecified atom stereocenters. The molecular formula is C45H30N12O2S. The maximum absolute atomic E-state index is 8.40. The lowest BCUT2D eigenvalue weighted by molar-refractivity contribution is -0.0857. The summed E-state index contributed by atoms with van der Waals surface area (Å²) in [6.45, 7) is 0. The molecule has 14 nitrogen and oxygen atoms in total. The van der Waals surface area contributed by atoms with Gasteiger partial charge < -0.3 is 29.2 Å². The van der Waals surface area contributed by atoms with Gasteiger partial charge in [-0.05, 0) is 29.7 Å². The molecule has 15 heteroatoms. The molecule has 288 valence electrons. The molecule has 4 aromatic carbocycles. The van der Waals surface area contributed by atoms with Crippen molar-refractivity contribution in [3.05, 3.63) is 185 Å². The van der Waals surface area contributed by atoms with Gasteiger partial charge in [-0.25, -0.2) is 19.9 Å². The fraction of sp³-hybridized carbons (Fsp3) is 0.0667. The Hall–Kier alpha value is -7.88. The Morgan fingerprint density at radius 1 is 0.700 bits per heavy atom. The molecule has 60 heavy (non-hydrogen) atoms. The standard InChI is InChI=1S/C45H30N12O2S/c1-3-10-28-27(9-1)23-47-40(28)57-43(35-17-20-58-56-35,37-22-26-8-2-5-14-32(26)52-37)44(36-16-18-51-55-36,31-13-7-12-30-29-11-4-6-15-33(29)53-38(30)31)59-45(57,42-46-19-21-60-42)41-48-24-34-39(54-41)50-25-49-34/h1-25,47,52-53H,(H,51,55)(H,48,49,50,54). The Labute approximate surface area is 342 Å². The third-order valence-corrected chi connectivity index (χ3v) is 12.9. The third kappa shape index (κ3) is 4.13. The van der Waals surface area contributed by atoms with Gasteiger partial charge in [0.1, 0.15) is 23.3 Å². The molecule has 3 atom stereocenters. The van der Waals surface area contributed by atoms with E-state index in [0.29, 0.717) is 39.2 Å². The number of nitrogens with one attached hydrogen (secondary N) is 5. The van der Waals surface area contributed by atoms with Gasteiger partial charge in [-0.3, -0.25) is 10.00 Å². The second-order valence-electron chi connectivity index (χ2n) is 14.9. The lowest BCUT2D eigenvalue weighted by atomic mass is 9.68. The first-order chi connectivity index (χ1) is 29.7. The molecule has 1 aliphatic rings. The molecule has 1 saturated heterocycles. The van der Waals surface area contributed by atoms with Crippen molar-refractivity contribution in [2.45, 2.75) is 16.9 Å². The molecule has 0 saturated carbocycles. The Balaban J connectivity index is 1.32. The third-order valence-electron chi connectivity index (χ3n) is 12.0. The summed E-state index contributed by atoms with van der Waals surface area (Å²) in [6, 6.07) is 37.1. The number of anilines is 1. The zero-order chi connectivity index (χ0) is 39.5. The predicted molar refractivity (Wildman–Crippen MR) is 227 cm³/mol. The van der Waals surface area contributed by atoms with Gasteiger partial charge >= 0.3 is 0 Å². The molecule has 0 bridgehead atoms. The maximum Gasteiger partial charge on any atom is 0.259 e. The summed E-state index contributed by atoms with van der Waals surface area (Å²) in [5, 5.41) is 20.5. The Morgan fingerprint density at radius 2 is 1.55 bits per heavy atom. The van der Waals surface area contributed by atoms with Crippen molar-refractivity contribution >= 4 is 71.8 Å². The molecule has 12 aromatic rings. The number of benzene rings is 4. The summed E-state index contributed by atoms with van der Waals surface area (Å²) in [5.74, 6) is 0.989. The van der Waals surface area contributed by atoms with E-state index in [1.807, 2.05) is 54.0 Å². The van der Waals surface area contributed by atoms with E-state index in [9.17, 15) is 0 Å². The van der Waals surface area contributed by atoms with Crippen LogP contribution in [0, 0.1) is 0 Å². The Kier molecular flexibility index (Phi) is 6.67. The lowest BCUT2D eigenvalue weighted by Gasteiger charge is -2.47. The van der Waals surface area contributed by atoms with Crippen LogP contribution in [-0.2, 0) is 21.6 Å². The number of rotatable bonds is 7. The predicted octanol–water partition coefficient (Wildman–Crippen LogP) is 8.74. The average Bonchev–Trinajstić information content (AvgIpc) is 4.14. The number of thiazole rings is 1. The van der Waals surface area contributed by atoms with Crippen LogP contribution < -0.4 is 4.90 Å². The van der Waals surface area contributed by atoms with Crippen LogP contribution in [0.2, 0.25) is 0 Å². The second-order valence-corrected chi connectivity index (χ2v) is 15.8. The van der Waals surface area contributed by atoms with Gasteiger partial charge in [-0.15, -0.1) is 11.3 Å². The van der Waals surface area contributed by atoms with Gasteiger partial charge in [0.15, 0.2) is 27.6 Å². The number of aromatic nitrogens is 11. The van der Waals surface area contributed by atoms with E-state index in [1.165, 1.54) is 11.3 Å². The first-order valence-corrected chi connectivity index (χ1v) is 20.2. The van der Waals surface area contributed by atoms with Crippen LogP contribution in [0.1, 0.15) is 33.5 Å². The molecule has 0 amide bonds. The van der Waals surface area contributed by atoms with E-state index in [1.54, 1.807) is 31.2 Å². The molecule has 0 radical (unpaired) electrons. The molecule has 1 fully saturated rings. The molecule has 8 aromatic heterocycles. The first kappa shape index (κ1) is 33.1. The second kappa shape index (κ2) is 12.1. The van der Waals surface area contributed by atoms with E-state index in [4.69, 9.17) is 29.4 Å². The van der Waals surface area contributed by atoms with Crippen LogP contribution in [0.15, 0.2) is 156 Å². The maximum atomic E-state index is 8.40. The molecule has 0 spiro atoms. The van der Waals surface area contributed by atoms with Crippen molar-refractivity contribution in [1.29, 1.82) is 0 Å². The van der Waals surface area contributed by atoms with Crippen LogP contribution >= 0.6 is 11.3 Å². The highest BCUT2D eigenvalue weighted by Crippen LogP contribution is 2.68. The normalized spacial score (nSPS) is 20.8. The number of hydrogen-bond acceptors (Lipinski definition) is 10. The number of hydrogen-bond donors (Lipinski definition) is 5. The minimum atomic E-state index is -1.73. The van der Waals surface area contributed by atoms with E-state index in [2.05, 4.69) is 107 Å². The minimum Gasteiger partial charge on any atom is -0.364 e. The van der Waals surface area contributed by atoms with Crippen LogP contribution in [0.4, 0.5) is 5.82 Å². The summed E-state index contributed by atoms with van der Waals surface area (Å²) in [7, 11) is 0. The zero-order valence-corrected chi connectivity index (χ0v) is 32.1. The number of H-pyrrole nitrogens is 5. The van der Waals surface area contributed by atoms with E-state index >= 15 is 0 Å². The van der Waals surface area contributed by atoms with Gasteiger partial charge in [-0.1, -0.05) is 84.0 Å². The minimum absolute atomic E-state index is 0.296. The van der Waals surface area contributed by atoms with Gasteiger partial charge in [0, 0.05) is 68.2 Å². The topological polar surface area (TPSA) is 182 Å². The van der Waals surface area contributed by atoms with Crippen molar-refractivity contribution in [2.24, 2.45) is 0 Å². The zero-order valence-electron chi connectivity index (χ0n) is 31.3. The molecule has 13 rings (SSSR count). The van der Waals surface area contributed by atoms with Gasteiger partial charge in [0.25, 0.3) is 5.72 Å². The largest absolute Gasteiger partial charge is 0.364 e. The Morgan fingerprint density at radius 3 is 2.38 bits per heavy atom. The van der Waals surface area contributed by atoms with Crippen molar-refractivity contribution in [2.75, 3.05) is 4.90 Å². The molecule has 9 heterocycles. The van der Waals surface area contributed by atoms with E-state index in [0.717, 1.165) is 54.7 Å². The monoisotopic (exact) mass is 802 g/mol. The van der Waals surface area contributed by atoms with Crippen molar-refractivity contribution in [3.63, 3.8) is 0 Å². The number of imidazole rings is 1. The van der Waals surface area contributed by atoms with E-state index in [-0.39, 0.29) is 0 Å². The molecule has 1 aliphatic heterocycles. The summed E-state index contributed by atoms with van der Waals surface area (Å²) < 4.78 is 14.3. The molecule has 5 N–H and O–H groups in total. The van der Waals surface area contributed by atoms with Crippen molar-refractivity contribution in [3.8, 4) is 0 Å². The van der Waals surface area contributed by atoms with Gasteiger partial charge in [0.05, 0.1) is 29.4 Å². The highest BCUT2D eigenvalue weighted by atomic mass is 32.1. The van der Waals surface area contributed by atoms with Gasteiger partial charge in [0.2, 0.25) is 0 Å². The number of fused-ring (bicyclic) bond motifs is 6. The van der Waals surface area contributed by atoms with Crippen LogP contribution in [-0.4, -0.2) is 55.2 Å². The van der Waals surface area contributed by atoms with Crippen molar-refractivity contribution in [1.82, 2.24) is 55.2 Å². The van der Waals surface area contributed by atoms with Crippen LogP contribution in [0.25, 0.3) is 54.6 Å². The summed E-state index contributed by atoms with van der Waals surface area (Å²) >= 11 is 1.44. The van der Waals surface area contributed by atoms with Gasteiger partial charge in [-0.2, -0.15) is 5.10 Å². The molecule has 0 aliphatic carbocycles. The number of ether oxygens (including phenoxy) is 1.